The van der Waals surface area contributed by atoms with Gasteiger partial charge in [0.15, 0.2) is 6.29 Å². The van der Waals surface area contributed by atoms with Crippen LogP contribution in [0.5, 0.6) is 0 Å². The molecule has 14 atom stereocenters. The number of aliphatic hydroxyl groups excluding tert-OH is 3. The van der Waals surface area contributed by atoms with Crippen molar-refractivity contribution in [3.8, 4) is 0 Å². The van der Waals surface area contributed by atoms with Crippen molar-refractivity contribution in [3.63, 3.8) is 0 Å². The average Bonchev–Trinajstić information content (AvgIpc) is 3.65. The lowest BCUT2D eigenvalue weighted by Gasteiger charge is -2.58. The monoisotopic (exact) mass is 901 g/mol. The summed E-state index contributed by atoms with van der Waals surface area (Å²) in [4.78, 5) is 12.6. The predicted octanol–water partition coefficient (Wildman–Crippen LogP) is 13.3. The van der Waals surface area contributed by atoms with Gasteiger partial charge in [-0.05, 0) is 161 Å². The Morgan fingerprint density at radius 3 is 2.02 bits per heavy atom. The maximum atomic E-state index is 12.6. The molecule has 0 amide bonds. The number of carbonyl (C=O) groups excluding carboxylic acids is 1. The van der Waals surface area contributed by atoms with E-state index < -0.39 is 30.7 Å². The first-order valence-electron chi connectivity index (χ1n) is 26.4. The zero-order chi connectivity index (χ0) is 46.8. The number of allylic oxidation sites excluding steroid dienone is 13. The van der Waals surface area contributed by atoms with Crippen LogP contribution in [0, 0.1) is 52.3 Å². The number of fused-ring (bicyclic) bond motifs is 5. The third-order valence-corrected chi connectivity index (χ3v) is 17.0. The van der Waals surface area contributed by atoms with Crippen molar-refractivity contribution in [3.05, 3.63) is 84.6 Å². The van der Waals surface area contributed by atoms with Crippen LogP contribution in [0.25, 0.3) is 0 Å². The summed E-state index contributed by atoms with van der Waals surface area (Å²) >= 11 is 0. The maximum Gasteiger partial charge on any atom is 0.305 e. The summed E-state index contributed by atoms with van der Waals surface area (Å²) in [5.74, 6) is 5.06. The molecule has 1 aliphatic heterocycles. The summed E-state index contributed by atoms with van der Waals surface area (Å²) in [6.45, 7) is 16.8. The minimum atomic E-state index is -1.46. The van der Waals surface area contributed by atoms with E-state index in [-0.39, 0.29) is 30.5 Å². The number of hydrogen-bond donors (Lipinski definition) is 3. The minimum absolute atomic E-state index is 0.156. The highest BCUT2D eigenvalue weighted by atomic mass is 16.7. The van der Waals surface area contributed by atoms with E-state index >= 15 is 0 Å². The van der Waals surface area contributed by atoms with Crippen molar-refractivity contribution in [1.82, 2.24) is 0 Å². The van der Waals surface area contributed by atoms with Crippen molar-refractivity contribution in [2.45, 2.75) is 214 Å². The number of aliphatic hydroxyl groups is 3. The highest BCUT2D eigenvalue weighted by Gasteiger charge is 2.59. The van der Waals surface area contributed by atoms with Crippen molar-refractivity contribution in [2.75, 3.05) is 6.61 Å². The van der Waals surface area contributed by atoms with Crippen LogP contribution in [0.2, 0.25) is 0 Å². The van der Waals surface area contributed by atoms with Crippen LogP contribution in [-0.4, -0.2) is 64.7 Å². The molecule has 14 unspecified atom stereocenters. The molecule has 3 saturated carbocycles. The molecular weight excluding hydrogens is 809 g/mol. The maximum absolute atomic E-state index is 12.6. The number of unbranched alkanes of at least 4 members (excludes halogenated alkanes) is 2. The minimum Gasteiger partial charge on any atom is -0.463 e. The molecular formula is C58H92O7. The molecule has 0 radical (unpaired) electrons. The molecule has 65 heavy (non-hydrogen) atoms. The topological polar surface area (TPSA) is 105 Å². The Kier molecular flexibility index (Phi) is 22.1. The van der Waals surface area contributed by atoms with Crippen LogP contribution in [0.3, 0.4) is 0 Å². The fraction of sp³-hybridized carbons (Fsp3) is 0.741. The molecule has 5 aliphatic rings. The van der Waals surface area contributed by atoms with Gasteiger partial charge in [-0.25, -0.2) is 0 Å². The average molecular weight is 901 g/mol. The van der Waals surface area contributed by atoms with Gasteiger partial charge in [0, 0.05) is 6.42 Å². The van der Waals surface area contributed by atoms with Crippen molar-refractivity contribution in [1.29, 1.82) is 0 Å². The van der Waals surface area contributed by atoms with E-state index in [0.29, 0.717) is 17.8 Å². The molecule has 5 rings (SSSR count). The SMILES string of the molecule is CC/C=C\C/C=C\C/C=C\C/C=C\C/C=C\C/C=C\CCCCC(=O)OCC1OC(OC2CCC3(C)C(=CCC4C3CCC3(C)C(C(C)CCC(C)C(C)C)CCC43)C2)C(O)C(O)C1O. The number of carbonyl (C=O) groups is 1. The second kappa shape index (κ2) is 26.9. The highest BCUT2D eigenvalue weighted by Crippen LogP contribution is 2.67. The Labute approximate surface area is 396 Å². The summed E-state index contributed by atoms with van der Waals surface area (Å²) in [6.07, 6.45) is 42.9. The van der Waals surface area contributed by atoms with Gasteiger partial charge in [-0.3, -0.25) is 4.79 Å². The van der Waals surface area contributed by atoms with E-state index in [1.165, 1.54) is 44.1 Å². The molecule has 7 nitrogen and oxygen atoms in total. The Balaban J connectivity index is 0.977. The van der Waals surface area contributed by atoms with Crippen LogP contribution in [0.4, 0.5) is 0 Å². The van der Waals surface area contributed by atoms with Crippen molar-refractivity contribution < 1.29 is 34.3 Å². The molecule has 1 heterocycles. The second-order valence-electron chi connectivity index (χ2n) is 21.6. The van der Waals surface area contributed by atoms with E-state index in [1.807, 2.05) is 0 Å². The Morgan fingerprint density at radius 2 is 1.38 bits per heavy atom. The normalized spacial score (nSPS) is 35.2. The molecule has 0 spiro atoms. The summed E-state index contributed by atoms with van der Waals surface area (Å²) in [5, 5.41) is 32.6. The van der Waals surface area contributed by atoms with Crippen LogP contribution in [0.1, 0.15) is 177 Å². The van der Waals surface area contributed by atoms with Gasteiger partial charge in [-0.2, -0.15) is 0 Å². The van der Waals surface area contributed by atoms with Gasteiger partial charge >= 0.3 is 5.97 Å². The molecule has 0 aromatic carbocycles. The van der Waals surface area contributed by atoms with Gasteiger partial charge in [0.05, 0.1) is 6.10 Å². The molecule has 7 heteroatoms. The lowest BCUT2D eigenvalue weighted by molar-refractivity contribution is -0.313. The molecule has 4 fully saturated rings. The first-order chi connectivity index (χ1) is 31.3. The standard InChI is InChI=1S/C58H92O7/c1-8-9-10-11-12-13-14-15-16-17-18-19-20-21-22-23-24-25-26-27-28-29-52(59)63-41-51-53(60)54(61)55(62)56(65-51)64-46-36-38-57(6)45(40-46)32-33-47-49-35-34-48(58(49,7)39-37-50(47)57)44(5)31-30-43(4)42(2)3/h9-10,12-13,15-16,18-19,21-22,24-25,32,42-44,46-51,53-56,60-62H,8,11,14,17,20,23,26-31,33-41H2,1-7H3/b10-9-,13-12-,16-15-,19-18-,22-21-,25-24-. The fourth-order valence-electron chi connectivity index (χ4n) is 12.6. The van der Waals surface area contributed by atoms with Crippen molar-refractivity contribution in [2.24, 2.45) is 52.3 Å². The number of rotatable bonds is 25. The van der Waals surface area contributed by atoms with Crippen LogP contribution >= 0.6 is 0 Å². The van der Waals surface area contributed by atoms with Gasteiger partial charge < -0.3 is 29.5 Å². The van der Waals surface area contributed by atoms with Gasteiger partial charge in [0.1, 0.15) is 31.0 Å². The second-order valence-corrected chi connectivity index (χ2v) is 21.6. The quantitative estimate of drug-likeness (QED) is 0.0476. The van der Waals surface area contributed by atoms with Crippen LogP contribution in [0.15, 0.2) is 84.6 Å². The molecule has 4 aliphatic carbocycles. The van der Waals surface area contributed by atoms with Crippen molar-refractivity contribution >= 4 is 5.97 Å². The van der Waals surface area contributed by atoms with Gasteiger partial charge in [0.25, 0.3) is 0 Å². The highest BCUT2D eigenvalue weighted by molar-refractivity contribution is 5.69. The van der Waals surface area contributed by atoms with Crippen LogP contribution < -0.4 is 0 Å². The summed E-state index contributed by atoms with van der Waals surface area (Å²) in [6, 6.07) is 0. The number of ether oxygens (including phenoxy) is 3. The number of hydrogen-bond acceptors (Lipinski definition) is 7. The summed E-state index contributed by atoms with van der Waals surface area (Å²) < 4.78 is 18.0. The van der Waals surface area contributed by atoms with E-state index in [2.05, 4.69) is 127 Å². The van der Waals surface area contributed by atoms with Gasteiger partial charge in [-0.15, -0.1) is 0 Å². The molecule has 0 aromatic heterocycles. The van der Waals surface area contributed by atoms with Gasteiger partial charge in [-0.1, -0.05) is 146 Å². The number of esters is 1. The Morgan fingerprint density at radius 1 is 0.754 bits per heavy atom. The lowest BCUT2D eigenvalue weighted by Crippen LogP contribution is -2.60. The van der Waals surface area contributed by atoms with E-state index in [9.17, 15) is 20.1 Å². The molecule has 366 valence electrons. The first-order valence-corrected chi connectivity index (χ1v) is 26.4. The Hall–Kier alpha value is -2.55. The van der Waals surface area contributed by atoms with Gasteiger partial charge in [0.2, 0.25) is 0 Å². The lowest BCUT2D eigenvalue weighted by atomic mass is 9.47. The molecule has 0 aromatic rings. The predicted molar refractivity (Wildman–Crippen MR) is 267 cm³/mol. The summed E-state index contributed by atoms with van der Waals surface area (Å²) in [5.41, 5.74) is 2.10. The molecule has 3 N–H and O–H groups in total. The zero-order valence-corrected chi connectivity index (χ0v) is 41.8. The fourth-order valence-corrected chi connectivity index (χ4v) is 12.6. The summed E-state index contributed by atoms with van der Waals surface area (Å²) in [7, 11) is 0. The molecule has 1 saturated heterocycles. The molecule has 0 bridgehead atoms. The first kappa shape index (κ1) is 53.4. The van der Waals surface area contributed by atoms with E-state index in [0.717, 1.165) is 113 Å². The third kappa shape index (κ3) is 15.0. The van der Waals surface area contributed by atoms with E-state index in [4.69, 9.17) is 14.2 Å². The third-order valence-electron chi connectivity index (χ3n) is 17.0. The van der Waals surface area contributed by atoms with Crippen LogP contribution in [-0.2, 0) is 19.0 Å². The zero-order valence-electron chi connectivity index (χ0n) is 41.8. The smallest absolute Gasteiger partial charge is 0.305 e. The Bertz CT molecular complexity index is 1640. The van der Waals surface area contributed by atoms with E-state index in [1.54, 1.807) is 0 Å². The largest absolute Gasteiger partial charge is 0.463 e.